The summed E-state index contributed by atoms with van der Waals surface area (Å²) in [5.74, 6) is 0.387. The molecule has 0 spiro atoms. The highest BCUT2D eigenvalue weighted by Crippen LogP contribution is 2.28. The van der Waals surface area contributed by atoms with Crippen molar-refractivity contribution < 1.29 is 5.11 Å². The zero-order valence-corrected chi connectivity index (χ0v) is 8.45. The number of hydrogen-bond donors (Lipinski definition) is 2. The van der Waals surface area contributed by atoms with E-state index in [9.17, 15) is 5.11 Å². The van der Waals surface area contributed by atoms with Crippen LogP contribution in [0.5, 0.6) is 5.75 Å². The molecule has 0 saturated carbocycles. The Labute approximate surface area is 84.4 Å². The van der Waals surface area contributed by atoms with Crippen molar-refractivity contribution in [3.8, 4) is 5.75 Å². The van der Waals surface area contributed by atoms with Crippen LogP contribution in [0, 0.1) is 6.92 Å². The molecule has 0 aliphatic carbocycles. The molecule has 0 radical (unpaired) electrons. The minimum atomic E-state index is 0.387. The Balaban J connectivity index is 2.24. The van der Waals surface area contributed by atoms with Gasteiger partial charge in [0.05, 0.1) is 5.69 Å². The van der Waals surface area contributed by atoms with E-state index in [-0.39, 0.29) is 0 Å². The summed E-state index contributed by atoms with van der Waals surface area (Å²) in [5, 5.41) is 13.0. The monoisotopic (exact) mass is 192 g/mol. The fraction of sp³-hybridized carbons (Fsp3) is 0.455. The summed E-state index contributed by atoms with van der Waals surface area (Å²) in [4.78, 5) is 2.22. The lowest BCUT2D eigenvalue weighted by atomic mass is 10.2. The zero-order chi connectivity index (χ0) is 9.97. The first-order valence-electron chi connectivity index (χ1n) is 5.02. The maximum absolute atomic E-state index is 9.73. The van der Waals surface area contributed by atoms with E-state index < -0.39 is 0 Å². The number of nitrogens with one attached hydrogen (secondary N) is 1. The molecule has 0 amide bonds. The Bertz CT molecular complexity index is 319. The Morgan fingerprint density at radius 3 is 2.71 bits per heavy atom. The van der Waals surface area contributed by atoms with E-state index in [0.717, 1.165) is 31.9 Å². The molecule has 0 unspecified atom stereocenters. The quantitative estimate of drug-likeness (QED) is 0.699. The highest BCUT2D eigenvalue weighted by molar-refractivity contribution is 5.59. The van der Waals surface area contributed by atoms with Crippen LogP contribution in [0.3, 0.4) is 0 Å². The van der Waals surface area contributed by atoms with Crippen molar-refractivity contribution in [3.63, 3.8) is 0 Å². The summed E-state index contributed by atoms with van der Waals surface area (Å²) in [6.45, 7) is 5.97. The second-order valence-corrected chi connectivity index (χ2v) is 3.73. The van der Waals surface area contributed by atoms with Gasteiger partial charge in [-0.1, -0.05) is 6.07 Å². The van der Waals surface area contributed by atoms with E-state index in [1.54, 1.807) is 6.07 Å². The van der Waals surface area contributed by atoms with Crippen molar-refractivity contribution in [3.05, 3.63) is 23.8 Å². The number of anilines is 1. The van der Waals surface area contributed by atoms with Gasteiger partial charge in [-0.2, -0.15) is 0 Å². The topological polar surface area (TPSA) is 35.5 Å². The molecule has 0 bridgehead atoms. The van der Waals surface area contributed by atoms with Crippen molar-refractivity contribution in [2.45, 2.75) is 6.92 Å². The third-order valence-electron chi connectivity index (χ3n) is 2.59. The van der Waals surface area contributed by atoms with Gasteiger partial charge in [-0.15, -0.1) is 0 Å². The fourth-order valence-electron chi connectivity index (χ4n) is 1.79. The third-order valence-corrected chi connectivity index (χ3v) is 2.59. The molecule has 14 heavy (non-hydrogen) atoms. The molecule has 76 valence electrons. The Kier molecular flexibility index (Phi) is 2.59. The van der Waals surface area contributed by atoms with Crippen molar-refractivity contribution in [2.24, 2.45) is 0 Å². The summed E-state index contributed by atoms with van der Waals surface area (Å²) in [6.07, 6.45) is 0. The van der Waals surface area contributed by atoms with Crippen LogP contribution in [0.15, 0.2) is 18.2 Å². The summed E-state index contributed by atoms with van der Waals surface area (Å²) >= 11 is 0. The van der Waals surface area contributed by atoms with Crippen LogP contribution in [0.4, 0.5) is 5.69 Å². The van der Waals surface area contributed by atoms with E-state index in [2.05, 4.69) is 10.2 Å². The molecule has 0 atom stereocenters. The Hall–Kier alpha value is -1.22. The van der Waals surface area contributed by atoms with E-state index in [1.807, 2.05) is 19.1 Å². The van der Waals surface area contributed by atoms with Gasteiger partial charge in [-0.3, -0.25) is 0 Å². The average molecular weight is 192 g/mol. The second-order valence-electron chi connectivity index (χ2n) is 3.73. The average Bonchev–Trinajstić information content (AvgIpc) is 2.23. The predicted molar refractivity (Wildman–Crippen MR) is 57.9 cm³/mol. The van der Waals surface area contributed by atoms with Gasteiger partial charge in [0.15, 0.2) is 0 Å². The van der Waals surface area contributed by atoms with Gasteiger partial charge in [0.1, 0.15) is 5.75 Å². The summed E-state index contributed by atoms with van der Waals surface area (Å²) < 4.78 is 0. The number of aromatic hydroxyl groups is 1. The lowest BCUT2D eigenvalue weighted by Crippen LogP contribution is -2.43. The molecule has 2 rings (SSSR count). The first-order valence-corrected chi connectivity index (χ1v) is 5.02. The van der Waals surface area contributed by atoms with Crippen LogP contribution in [-0.2, 0) is 0 Å². The van der Waals surface area contributed by atoms with Crippen LogP contribution in [0.25, 0.3) is 0 Å². The minimum absolute atomic E-state index is 0.387. The summed E-state index contributed by atoms with van der Waals surface area (Å²) in [6, 6.07) is 5.74. The molecule has 0 aromatic heterocycles. The molecule has 2 N–H and O–H groups in total. The highest BCUT2D eigenvalue weighted by atomic mass is 16.3. The van der Waals surface area contributed by atoms with Gasteiger partial charge in [-0.05, 0) is 24.6 Å². The lowest BCUT2D eigenvalue weighted by Gasteiger charge is -2.30. The number of phenols is 1. The molecule has 1 heterocycles. The molecule has 1 aromatic carbocycles. The molecule has 1 aliphatic rings. The van der Waals surface area contributed by atoms with Gasteiger partial charge in [0, 0.05) is 26.2 Å². The molecular weight excluding hydrogens is 176 g/mol. The first kappa shape index (κ1) is 9.34. The summed E-state index contributed by atoms with van der Waals surface area (Å²) in [7, 11) is 0. The SMILES string of the molecule is Cc1ccc(O)c(N2CCNCC2)c1. The first-order chi connectivity index (χ1) is 6.77. The van der Waals surface area contributed by atoms with Crippen LogP contribution in [-0.4, -0.2) is 31.3 Å². The number of piperazine rings is 1. The summed E-state index contributed by atoms with van der Waals surface area (Å²) in [5.41, 5.74) is 2.16. The molecule has 3 heteroatoms. The zero-order valence-electron chi connectivity index (χ0n) is 8.45. The smallest absolute Gasteiger partial charge is 0.138 e. The largest absolute Gasteiger partial charge is 0.506 e. The van der Waals surface area contributed by atoms with Crippen molar-refractivity contribution in [1.82, 2.24) is 5.32 Å². The highest BCUT2D eigenvalue weighted by Gasteiger charge is 2.13. The molecule has 3 nitrogen and oxygen atoms in total. The van der Waals surface area contributed by atoms with Gasteiger partial charge in [0.25, 0.3) is 0 Å². The van der Waals surface area contributed by atoms with Crippen molar-refractivity contribution in [2.75, 3.05) is 31.1 Å². The van der Waals surface area contributed by atoms with Crippen LogP contribution in [0.1, 0.15) is 5.56 Å². The maximum atomic E-state index is 9.73. The third kappa shape index (κ3) is 1.82. The minimum Gasteiger partial charge on any atom is -0.506 e. The number of hydrogen-bond acceptors (Lipinski definition) is 3. The number of aryl methyl sites for hydroxylation is 1. The number of benzene rings is 1. The van der Waals surface area contributed by atoms with Gasteiger partial charge in [-0.25, -0.2) is 0 Å². The molecular formula is C11H16N2O. The van der Waals surface area contributed by atoms with Gasteiger partial charge in [0.2, 0.25) is 0 Å². The lowest BCUT2D eigenvalue weighted by molar-refractivity contribution is 0.470. The van der Waals surface area contributed by atoms with Crippen LogP contribution < -0.4 is 10.2 Å². The second kappa shape index (κ2) is 3.88. The van der Waals surface area contributed by atoms with E-state index >= 15 is 0 Å². The van der Waals surface area contributed by atoms with Crippen molar-refractivity contribution >= 4 is 5.69 Å². The van der Waals surface area contributed by atoms with E-state index in [1.165, 1.54) is 5.56 Å². The van der Waals surface area contributed by atoms with Gasteiger partial charge >= 0.3 is 0 Å². The number of phenolic OH excluding ortho intramolecular Hbond substituents is 1. The molecule has 1 fully saturated rings. The van der Waals surface area contributed by atoms with Crippen LogP contribution in [0.2, 0.25) is 0 Å². The molecule has 1 aliphatic heterocycles. The molecule has 1 aromatic rings. The predicted octanol–water partition coefficient (Wildman–Crippen LogP) is 1.11. The normalized spacial score (nSPS) is 17.1. The molecule has 1 saturated heterocycles. The van der Waals surface area contributed by atoms with Crippen LogP contribution >= 0.6 is 0 Å². The van der Waals surface area contributed by atoms with Gasteiger partial charge < -0.3 is 15.3 Å². The maximum Gasteiger partial charge on any atom is 0.138 e. The van der Waals surface area contributed by atoms with Crippen molar-refractivity contribution in [1.29, 1.82) is 0 Å². The Morgan fingerprint density at radius 1 is 1.29 bits per heavy atom. The number of rotatable bonds is 1. The standard InChI is InChI=1S/C11H16N2O/c1-9-2-3-11(14)10(8-9)13-6-4-12-5-7-13/h2-3,8,12,14H,4-7H2,1H3. The number of nitrogens with zero attached hydrogens (tertiary/aromatic N) is 1. The fourth-order valence-corrected chi connectivity index (χ4v) is 1.79. The van der Waals surface area contributed by atoms with E-state index in [4.69, 9.17) is 0 Å². The Morgan fingerprint density at radius 2 is 2.00 bits per heavy atom. The van der Waals surface area contributed by atoms with E-state index in [0.29, 0.717) is 5.75 Å².